The zero-order valence-corrected chi connectivity index (χ0v) is 50.0. The molecule has 10 rings (SSSR count). The Bertz CT molecular complexity index is 3610. The molecule has 4 aromatic carbocycles. The summed E-state index contributed by atoms with van der Waals surface area (Å²) in [6.45, 7) is -1.40. The molecule has 6 aromatic rings. The third kappa shape index (κ3) is 14.6. The second-order valence-electron chi connectivity index (χ2n) is 21.5. The van der Waals surface area contributed by atoms with Crippen LogP contribution in [0.4, 0.5) is 4.79 Å². The van der Waals surface area contributed by atoms with E-state index in [0.29, 0.717) is 27.6 Å². The number of nitrogens with zero attached hydrogens (tertiary/aromatic N) is 5. The third-order valence-corrected chi connectivity index (χ3v) is 19.4. The van der Waals surface area contributed by atoms with Crippen LogP contribution in [0.15, 0.2) is 105 Å². The number of thiazole rings is 2. The van der Waals surface area contributed by atoms with Crippen LogP contribution in [0.5, 0.6) is 34.5 Å². The molecule has 0 spiro atoms. The summed E-state index contributed by atoms with van der Waals surface area (Å²) < 4.78 is 180. The fourth-order valence-electron chi connectivity index (χ4n) is 10.2. The molecule has 0 unspecified atom stereocenters. The van der Waals surface area contributed by atoms with Crippen LogP contribution in [-0.2, 0) is 60.2 Å². The largest absolute Gasteiger partial charge is 0.487 e. The highest BCUT2D eigenvalue weighted by Crippen LogP contribution is 2.38. The Morgan fingerprint density at radius 1 is 0.667 bits per heavy atom. The molecule has 84 heavy (non-hydrogen) atoms. The van der Waals surface area contributed by atoms with E-state index in [0.717, 1.165) is 25.6 Å². The van der Waals surface area contributed by atoms with Gasteiger partial charge in [0, 0.05) is 49.1 Å². The van der Waals surface area contributed by atoms with E-state index in [1.807, 2.05) is 0 Å². The normalized spacial score (nSPS) is 21.7. The predicted octanol–water partition coefficient (Wildman–Crippen LogP) is 7.97. The fraction of sp³-hybridized carbons (Fsp3) is 0.475. The lowest BCUT2D eigenvalue weighted by Gasteiger charge is -2.43. The van der Waals surface area contributed by atoms with Gasteiger partial charge in [-0.05, 0) is 105 Å². The SMILES string of the molecule is [2H]C1([2H])Oc2ccc(S(=O)(=O)N(CC(C)C)C[C@@H](O)[C@H](Cc3ccc(OC([2H])([2H])c4csc(C)n4)cc3)N(C(=O)O[C@H]3CO[C@H]4OCC[C@H]43)[C@@H](Cc3ccc(OC([2H])([2H])c4csc(C)n4)cc3)[C@H](O)CN(CC(C)C)S(=O)(=O)c3ccc4c(c3)OC([2H])([2H])O4)cc2O1. The van der Waals surface area contributed by atoms with E-state index in [2.05, 4.69) is 9.97 Å². The van der Waals surface area contributed by atoms with Crippen LogP contribution < -0.4 is 28.4 Å². The number of amides is 1. The first-order valence-electron chi connectivity index (χ1n) is 31.2. The van der Waals surface area contributed by atoms with Gasteiger partial charge in [0.25, 0.3) is 0 Å². The molecule has 2 saturated heterocycles. The van der Waals surface area contributed by atoms with Crippen molar-refractivity contribution in [2.75, 3.05) is 52.9 Å². The molecule has 2 aromatic heterocycles. The summed E-state index contributed by atoms with van der Waals surface area (Å²) in [7, 11) is -9.37. The molecule has 1 amide bonds. The number of carbonyl (C=O) groups is 1. The van der Waals surface area contributed by atoms with E-state index in [1.165, 1.54) is 82.0 Å². The summed E-state index contributed by atoms with van der Waals surface area (Å²) >= 11 is 2.47. The number of hydrogen-bond acceptors (Lipinski definition) is 20. The summed E-state index contributed by atoms with van der Waals surface area (Å²) in [5, 5.41) is 30.9. The quantitative estimate of drug-likeness (QED) is 0.0496. The Morgan fingerprint density at radius 3 is 1.55 bits per heavy atom. The van der Waals surface area contributed by atoms with Crippen molar-refractivity contribution in [2.45, 2.75) is 120 Å². The van der Waals surface area contributed by atoms with Gasteiger partial charge in [0.15, 0.2) is 29.3 Å². The van der Waals surface area contributed by atoms with Gasteiger partial charge >= 0.3 is 6.09 Å². The Kier molecular flexibility index (Phi) is 16.2. The summed E-state index contributed by atoms with van der Waals surface area (Å²) in [6, 6.07) is 15.8. The lowest BCUT2D eigenvalue weighted by Crippen LogP contribution is -2.61. The van der Waals surface area contributed by atoms with Crippen molar-refractivity contribution in [3.05, 3.63) is 128 Å². The Hall–Kier alpha value is -6.13. The first-order chi connectivity index (χ1) is 43.1. The van der Waals surface area contributed by atoms with Crippen LogP contribution in [0.3, 0.4) is 0 Å². The average Bonchev–Trinajstić information content (AvgIpc) is 1.08. The summed E-state index contributed by atoms with van der Waals surface area (Å²) in [6.07, 6.45) is -7.04. The third-order valence-electron chi connectivity index (χ3n) is 14.2. The number of rotatable bonds is 27. The highest BCUT2D eigenvalue weighted by Gasteiger charge is 2.48. The first-order valence-corrected chi connectivity index (χ1v) is 31.8. The number of benzene rings is 4. The van der Waals surface area contributed by atoms with Gasteiger partial charge in [-0.3, -0.25) is 4.90 Å². The van der Waals surface area contributed by atoms with E-state index in [-0.39, 0.29) is 94.8 Å². The van der Waals surface area contributed by atoms with Gasteiger partial charge in [0.1, 0.15) is 36.2 Å². The van der Waals surface area contributed by atoms with Crippen LogP contribution in [-0.4, -0.2) is 146 Å². The lowest BCUT2D eigenvalue weighted by molar-refractivity contribution is -0.0908. The predicted molar refractivity (Wildman–Crippen MR) is 310 cm³/mol. The Labute approximate surface area is 509 Å². The molecule has 2 fully saturated rings. The number of carbonyl (C=O) groups excluding carboxylic acids is 1. The average molecular weight is 1240 g/mol. The topological polar surface area (TPSA) is 244 Å². The van der Waals surface area contributed by atoms with Gasteiger partial charge in [0.05, 0.1) is 80.1 Å². The molecular formula is C59H71N5O16S4. The zero-order chi connectivity index (χ0) is 66.5. The van der Waals surface area contributed by atoms with Gasteiger partial charge in [-0.25, -0.2) is 31.6 Å². The van der Waals surface area contributed by atoms with Gasteiger partial charge < -0.3 is 52.8 Å². The standard InChI is InChI=1S/C59H71N5O16S4/c1-36(2)25-62(83(68,69)46-15-17-53-55(23-46)78-34-76-53)27-51(65)49(21-40-7-11-44(12-8-40)73-29-42-32-81-38(5)60-42)64(59(67)80-57-31-75-58-48(57)19-20-72-58)50(22-41-9-13-45(14-10-41)74-30-43-33-82-39(6)61-43)52(66)28-63(26-37(3)4)84(70,71)47-16-18-54-56(24-47)79-35-77-54/h7-18,23-24,32-33,36-37,48-52,57-58,65-66H,19-22,25-31,34-35H2,1-6H3/t48-,49-,50-,51+,52+,57-,58+/m0/s1/i29D2,30D2,34D2,35D2. The van der Waals surface area contributed by atoms with Gasteiger partial charge in [0.2, 0.25) is 33.5 Å². The van der Waals surface area contributed by atoms with Crippen LogP contribution in [0, 0.1) is 31.6 Å². The summed E-state index contributed by atoms with van der Waals surface area (Å²) in [5.74, 6) is -1.72. The van der Waals surface area contributed by atoms with E-state index >= 15 is 21.6 Å². The van der Waals surface area contributed by atoms with Crippen molar-refractivity contribution in [3.8, 4) is 34.5 Å². The molecule has 0 radical (unpaired) electrons. The highest BCUT2D eigenvalue weighted by atomic mass is 32.2. The second-order valence-corrected chi connectivity index (χ2v) is 27.5. The van der Waals surface area contributed by atoms with Crippen LogP contribution in [0.25, 0.3) is 0 Å². The van der Waals surface area contributed by atoms with Crippen LogP contribution in [0.2, 0.25) is 0 Å². The van der Waals surface area contributed by atoms with E-state index in [9.17, 15) is 10.2 Å². The Balaban J connectivity index is 1.10. The smallest absolute Gasteiger partial charge is 0.410 e. The number of sulfonamides is 2. The number of aryl methyl sites for hydroxylation is 2. The molecular weight excluding hydrogens is 1160 g/mol. The molecule has 452 valence electrons. The maximum atomic E-state index is 16.0. The maximum Gasteiger partial charge on any atom is 0.410 e. The van der Waals surface area contributed by atoms with Gasteiger partial charge in [-0.1, -0.05) is 52.0 Å². The molecule has 0 aliphatic carbocycles. The molecule has 0 bridgehead atoms. The van der Waals surface area contributed by atoms with E-state index < -0.39 is 120 Å². The minimum Gasteiger partial charge on any atom is -0.487 e. The number of aromatic nitrogens is 2. The number of fused-ring (bicyclic) bond motifs is 3. The molecule has 2 N–H and O–H groups in total. The zero-order valence-electron chi connectivity index (χ0n) is 54.8. The first kappa shape index (κ1) is 51.1. The summed E-state index contributed by atoms with van der Waals surface area (Å²) in [4.78, 5) is 24.9. The fourth-order valence-corrected chi connectivity index (χ4v) is 14.5. The van der Waals surface area contributed by atoms with E-state index in [1.54, 1.807) is 65.8 Å². The molecule has 6 heterocycles. The van der Waals surface area contributed by atoms with Crippen molar-refractivity contribution >= 4 is 48.8 Å². The number of hydrogen-bond donors (Lipinski definition) is 2. The lowest BCUT2D eigenvalue weighted by atomic mass is 9.93. The second kappa shape index (κ2) is 26.6. The monoisotopic (exact) mass is 1240 g/mol. The van der Waals surface area contributed by atoms with Crippen LogP contribution in [0.1, 0.15) is 77.6 Å². The van der Waals surface area contributed by atoms with Crippen molar-refractivity contribution in [1.29, 1.82) is 0 Å². The number of aliphatic hydroxyl groups excluding tert-OH is 2. The molecule has 7 atom stereocenters. The van der Waals surface area contributed by atoms with Crippen molar-refractivity contribution in [2.24, 2.45) is 17.8 Å². The highest BCUT2D eigenvalue weighted by molar-refractivity contribution is 7.89. The number of aliphatic hydroxyl groups is 2. The number of ether oxygens (including phenoxy) is 9. The summed E-state index contributed by atoms with van der Waals surface area (Å²) in [5.41, 5.74) is 0.782. The molecule has 0 saturated carbocycles. The Morgan fingerprint density at radius 2 is 1.12 bits per heavy atom. The van der Waals surface area contributed by atoms with Gasteiger partial charge in [-0.15, -0.1) is 22.7 Å². The van der Waals surface area contributed by atoms with Gasteiger partial charge in [-0.2, -0.15) is 8.61 Å². The van der Waals surface area contributed by atoms with Crippen LogP contribution >= 0.6 is 22.7 Å². The minimum atomic E-state index is -4.68. The molecule has 21 nitrogen and oxygen atoms in total. The van der Waals surface area contributed by atoms with Crippen molar-refractivity contribution in [1.82, 2.24) is 23.5 Å². The molecule has 4 aliphatic heterocycles. The molecule has 4 aliphatic rings. The minimum absolute atomic E-state index is 0.0328. The molecule has 25 heteroatoms. The van der Waals surface area contributed by atoms with Crippen molar-refractivity contribution < 1.29 is 85.4 Å². The van der Waals surface area contributed by atoms with Crippen molar-refractivity contribution in [3.63, 3.8) is 0 Å². The maximum absolute atomic E-state index is 16.0. The van der Waals surface area contributed by atoms with E-state index in [4.69, 9.17) is 53.6 Å².